The van der Waals surface area contributed by atoms with Gasteiger partial charge in [-0.25, -0.2) is 9.07 Å². The highest BCUT2D eigenvalue weighted by molar-refractivity contribution is 5.47. The molecule has 4 rings (SSSR count). The molecule has 2 saturated heterocycles. The second-order valence-corrected chi connectivity index (χ2v) is 6.63. The summed E-state index contributed by atoms with van der Waals surface area (Å²) in [7, 11) is 0. The molecule has 1 atom stereocenters. The third-order valence-corrected chi connectivity index (χ3v) is 4.94. The lowest BCUT2D eigenvalue weighted by atomic mass is 10.2. The molecule has 0 spiro atoms. The predicted molar refractivity (Wildman–Crippen MR) is 90.7 cm³/mol. The summed E-state index contributed by atoms with van der Waals surface area (Å²) in [5, 5.41) is 12.1. The lowest BCUT2D eigenvalue weighted by Gasteiger charge is -2.35. The van der Waals surface area contributed by atoms with Gasteiger partial charge in [-0.15, -0.1) is 5.10 Å². The third-order valence-electron chi connectivity index (χ3n) is 4.94. The summed E-state index contributed by atoms with van der Waals surface area (Å²) in [5.41, 5.74) is 0.686. The molecule has 3 heterocycles. The summed E-state index contributed by atoms with van der Waals surface area (Å²) in [6, 6.07) is 6.96. The number of rotatable bonds is 5. The minimum Gasteiger partial charge on any atom is -0.376 e. The Hall–Kier alpha value is -2.06. The van der Waals surface area contributed by atoms with Gasteiger partial charge in [0, 0.05) is 32.8 Å². The van der Waals surface area contributed by atoms with Crippen LogP contribution in [0.5, 0.6) is 0 Å². The Balaban J connectivity index is 1.33. The molecule has 0 aliphatic carbocycles. The largest absolute Gasteiger partial charge is 0.376 e. The predicted octanol–water partition coefficient (Wildman–Crippen LogP) is 1.31. The summed E-state index contributed by atoms with van der Waals surface area (Å²) in [5.74, 6) is 0.714. The van der Waals surface area contributed by atoms with Crippen LogP contribution in [-0.4, -0.2) is 64.0 Å². The molecule has 1 unspecified atom stereocenters. The Morgan fingerprint density at radius 1 is 1.16 bits per heavy atom. The molecular weight excluding hydrogens is 323 g/mol. The quantitative estimate of drug-likeness (QED) is 0.814. The van der Waals surface area contributed by atoms with E-state index in [0.29, 0.717) is 12.2 Å². The van der Waals surface area contributed by atoms with E-state index in [9.17, 15) is 4.39 Å². The maximum Gasteiger partial charge on any atom is 0.165 e. The maximum absolute atomic E-state index is 13.9. The van der Waals surface area contributed by atoms with Gasteiger partial charge < -0.3 is 9.64 Å². The Labute approximate surface area is 146 Å². The molecule has 0 saturated carbocycles. The molecule has 2 aliphatic heterocycles. The summed E-state index contributed by atoms with van der Waals surface area (Å²) in [6.07, 6.45) is 2.40. The van der Waals surface area contributed by atoms with Gasteiger partial charge in [0.15, 0.2) is 5.82 Å². The average Bonchev–Trinajstić information content (AvgIpc) is 3.29. The molecule has 2 fully saturated rings. The van der Waals surface area contributed by atoms with E-state index < -0.39 is 0 Å². The van der Waals surface area contributed by atoms with Gasteiger partial charge in [-0.05, 0) is 35.4 Å². The van der Waals surface area contributed by atoms with Crippen molar-refractivity contribution < 1.29 is 9.13 Å². The van der Waals surface area contributed by atoms with Crippen LogP contribution in [0.15, 0.2) is 24.3 Å². The topological polar surface area (TPSA) is 59.3 Å². The van der Waals surface area contributed by atoms with Crippen molar-refractivity contribution in [3.63, 3.8) is 0 Å². The number of nitrogens with zero attached hydrogens (tertiary/aromatic N) is 6. The Kier molecular flexibility index (Phi) is 4.89. The van der Waals surface area contributed by atoms with Crippen molar-refractivity contribution in [2.75, 3.05) is 37.7 Å². The van der Waals surface area contributed by atoms with Crippen LogP contribution in [0.4, 0.5) is 10.1 Å². The Morgan fingerprint density at radius 3 is 2.76 bits per heavy atom. The first kappa shape index (κ1) is 16.4. The van der Waals surface area contributed by atoms with E-state index in [-0.39, 0.29) is 11.9 Å². The molecule has 0 amide bonds. The number of benzene rings is 1. The van der Waals surface area contributed by atoms with Crippen LogP contribution in [0.1, 0.15) is 18.7 Å². The molecule has 1 aromatic heterocycles. The van der Waals surface area contributed by atoms with Crippen molar-refractivity contribution >= 4 is 5.69 Å². The van der Waals surface area contributed by atoms with Gasteiger partial charge in [0.1, 0.15) is 5.82 Å². The van der Waals surface area contributed by atoms with E-state index in [0.717, 1.165) is 58.0 Å². The highest BCUT2D eigenvalue weighted by Gasteiger charge is 2.23. The standard InChI is InChI=1S/C17H23FN6O/c18-15-5-1-2-6-16(15)23-9-7-22(8-10-23)13-17-19-20-21-24(17)12-14-4-3-11-25-14/h1-2,5-6,14H,3-4,7-13H2. The van der Waals surface area contributed by atoms with Crippen molar-refractivity contribution in [1.29, 1.82) is 0 Å². The number of para-hydroxylation sites is 1. The average molecular weight is 346 g/mol. The fraction of sp³-hybridized carbons (Fsp3) is 0.588. The van der Waals surface area contributed by atoms with E-state index in [1.54, 1.807) is 6.07 Å². The van der Waals surface area contributed by atoms with Gasteiger partial charge in [0.2, 0.25) is 0 Å². The van der Waals surface area contributed by atoms with Crippen LogP contribution in [-0.2, 0) is 17.8 Å². The molecule has 25 heavy (non-hydrogen) atoms. The zero-order chi connectivity index (χ0) is 17.1. The number of hydrogen-bond acceptors (Lipinski definition) is 6. The van der Waals surface area contributed by atoms with Crippen LogP contribution in [0, 0.1) is 5.82 Å². The summed E-state index contributed by atoms with van der Waals surface area (Å²) in [6.45, 7) is 5.59. The molecular formula is C17H23FN6O. The molecule has 7 nitrogen and oxygen atoms in total. The Bertz CT molecular complexity index is 694. The lowest BCUT2D eigenvalue weighted by molar-refractivity contribution is 0.0916. The van der Waals surface area contributed by atoms with E-state index in [4.69, 9.17) is 4.74 Å². The number of halogens is 1. The van der Waals surface area contributed by atoms with Gasteiger partial charge in [-0.3, -0.25) is 4.90 Å². The van der Waals surface area contributed by atoms with Gasteiger partial charge in [-0.2, -0.15) is 0 Å². The summed E-state index contributed by atoms with van der Waals surface area (Å²) >= 11 is 0. The highest BCUT2D eigenvalue weighted by atomic mass is 19.1. The number of aromatic nitrogens is 4. The van der Waals surface area contributed by atoms with Crippen molar-refractivity contribution in [3.8, 4) is 0 Å². The monoisotopic (exact) mass is 346 g/mol. The zero-order valence-electron chi connectivity index (χ0n) is 14.2. The minimum atomic E-state index is -0.156. The van der Waals surface area contributed by atoms with Gasteiger partial charge in [0.05, 0.1) is 24.9 Å². The molecule has 2 aromatic rings. The van der Waals surface area contributed by atoms with Crippen LogP contribution in [0.2, 0.25) is 0 Å². The van der Waals surface area contributed by atoms with E-state index in [2.05, 4.69) is 25.3 Å². The number of anilines is 1. The van der Waals surface area contributed by atoms with Crippen LogP contribution >= 0.6 is 0 Å². The van der Waals surface area contributed by atoms with E-state index >= 15 is 0 Å². The van der Waals surface area contributed by atoms with Crippen LogP contribution in [0.25, 0.3) is 0 Å². The summed E-state index contributed by atoms with van der Waals surface area (Å²) < 4.78 is 21.5. The van der Waals surface area contributed by atoms with Crippen molar-refractivity contribution in [3.05, 3.63) is 35.9 Å². The number of tetrazole rings is 1. The maximum atomic E-state index is 13.9. The molecule has 2 aliphatic rings. The normalized spacial score (nSPS) is 21.8. The lowest BCUT2D eigenvalue weighted by Crippen LogP contribution is -2.46. The van der Waals surface area contributed by atoms with Gasteiger partial charge in [0.25, 0.3) is 0 Å². The SMILES string of the molecule is Fc1ccccc1N1CCN(Cc2nnnn2CC2CCCO2)CC1. The highest BCUT2D eigenvalue weighted by Crippen LogP contribution is 2.20. The number of hydrogen-bond donors (Lipinski definition) is 0. The number of ether oxygens (including phenoxy) is 1. The van der Waals surface area contributed by atoms with Crippen LogP contribution < -0.4 is 4.90 Å². The third kappa shape index (κ3) is 3.80. The fourth-order valence-corrected chi connectivity index (χ4v) is 3.51. The second kappa shape index (κ2) is 7.45. The smallest absolute Gasteiger partial charge is 0.165 e. The first-order valence-electron chi connectivity index (χ1n) is 8.88. The van der Waals surface area contributed by atoms with Crippen molar-refractivity contribution in [2.24, 2.45) is 0 Å². The Morgan fingerprint density at radius 2 is 2.00 bits per heavy atom. The van der Waals surface area contributed by atoms with Gasteiger partial charge >= 0.3 is 0 Å². The molecule has 134 valence electrons. The van der Waals surface area contributed by atoms with Gasteiger partial charge in [-0.1, -0.05) is 12.1 Å². The molecule has 1 aromatic carbocycles. The molecule has 0 N–H and O–H groups in total. The first-order chi connectivity index (χ1) is 12.3. The minimum absolute atomic E-state index is 0.156. The second-order valence-electron chi connectivity index (χ2n) is 6.63. The summed E-state index contributed by atoms with van der Waals surface area (Å²) in [4.78, 5) is 4.41. The molecule has 0 radical (unpaired) electrons. The number of piperazine rings is 1. The van der Waals surface area contributed by atoms with E-state index in [1.807, 2.05) is 16.8 Å². The first-order valence-corrected chi connectivity index (χ1v) is 8.88. The van der Waals surface area contributed by atoms with Crippen LogP contribution in [0.3, 0.4) is 0 Å². The molecule has 0 bridgehead atoms. The zero-order valence-corrected chi connectivity index (χ0v) is 14.2. The fourth-order valence-electron chi connectivity index (χ4n) is 3.51. The van der Waals surface area contributed by atoms with E-state index in [1.165, 1.54) is 6.07 Å². The van der Waals surface area contributed by atoms with Crippen molar-refractivity contribution in [1.82, 2.24) is 25.1 Å². The van der Waals surface area contributed by atoms with Crippen molar-refractivity contribution in [2.45, 2.75) is 32.0 Å². The molecule has 8 heteroatoms.